The fourth-order valence-corrected chi connectivity index (χ4v) is 6.52. The molecule has 0 saturated carbocycles. The molecule has 2 aliphatic rings. The summed E-state index contributed by atoms with van der Waals surface area (Å²) in [5, 5.41) is 1.57. The molecule has 0 aliphatic heterocycles. The Labute approximate surface area is 200 Å². The van der Waals surface area contributed by atoms with Crippen LogP contribution in [-0.4, -0.2) is 8.41 Å². The van der Waals surface area contributed by atoms with Crippen LogP contribution in [0.25, 0.3) is 8.85 Å². The quantitative estimate of drug-likeness (QED) is 0.470. The molecule has 0 nitrogen and oxygen atoms in total. The predicted octanol–water partition coefficient (Wildman–Crippen LogP) is 0.0525. The topological polar surface area (TPSA) is 0 Å². The largest absolute Gasteiger partial charge is 1.00 e. The molecule has 4 heteroatoms. The Balaban J connectivity index is 0.00000196. The van der Waals surface area contributed by atoms with Crippen LogP contribution < -0.4 is 30.0 Å². The van der Waals surface area contributed by atoms with Crippen LogP contribution in [0.2, 0.25) is 13.1 Å². The van der Waals surface area contributed by atoms with Crippen LogP contribution in [0.4, 0.5) is 0 Å². The van der Waals surface area contributed by atoms with Crippen molar-refractivity contribution in [1.82, 2.24) is 0 Å². The third-order valence-corrected chi connectivity index (χ3v) is 8.29. The molecule has 0 unspecified atom stereocenters. The van der Waals surface area contributed by atoms with E-state index < -0.39 is 8.41 Å². The third kappa shape index (κ3) is 4.66. The zero-order valence-electron chi connectivity index (χ0n) is 18.3. The predicted molar refractivity (Wildman–Crippen MR) is 112 cm³/mol. The van der Waals surface area contributed by atoms with Gasteiger partial charge in [0.15, 0.2) is 0 Å². The van der Waals surface area contributed by atoms with Crippen LogP contribution in [-0.2, 0) is 24.7 Å². The van der Waals surface area contributed by atoms with E-state index in [1.165, 1.54) is 35.9 Å². The minimum atomic E-state index is -0.501. The minimum Gasteiger partial charge on any atom is -1.00 e. The van der Waals surface area contributed by atoms with Crippen LogP contribution in [0, 0.1) is 15.6 Å². The fraction of sp³-hybridized carbons (Fsp3) is 0.458. The molecule has 0 atom stereocenters. The van der Waals surface area contributed by atoms with Gasteiger partial charge in [-0.2, -0.15) is 0 Å². The van der Waals surface area contributed by atoms with Crippen molar-refractivity contribution in [3.8, 4) is 0 Å². The first kappa shape index (κ1) is 26.0. The van der Waals surface area contributed by atoms with Crippen molar-refractivity contribution < 1.29 is 49.5 Å². The van der Waals surface area contributed by atoms with Gasteiger partial charge >= 0.3 is 177 Å². The number of halogens is 2. The summed E-state index contributed by atoms with van der Waals surface area (Å²) in [6, 6.07) is 7.02. The molecule has 1 aromatic rings. The Hall–Kier alpha value is -0.01000. The van der Waals surface area contributed by atoms with Crippen LogP contribution in [0.5, 0.6) is 0 Å². The first-order chi connectivity index (χ1) is 11.9. The molecule has 28 heavy (non-hydrogen) atoms. The second-order valence-electron chi connectivity index (χ2n) is 9.91. The van der Waals surface area contributed by atoms with E-state index >= 15 is 0 Å². The molecule has 3 rings (SSSR count). The average Bonchev–Trinajstić information content (AvgIpc) is 3.09. The Morgan fingerprint density at radius 2 is 1.50 bits per heavy atom. The van der Waals surface area contributed by atoms with Crippen molar-refractivity contribution >= 4 is 17.3 Å². The van der Waals surface area contributed by atoms with Crippen molar-refractivity contribution in [3.05, 3.63) is 62.7 Å². The van der Waals surface area contributed by atoms with Gasteiger partial charge in [0.05, 0.1) is 0 Å². The molecular weight excluding hydrogens is 478 g/mol. The number of rotatable bonds is 1. The van der Waals surface area contributed by atoms with Crippen LogP contribution in [0.3, 0.4) is 0 Å². The summed E-state index contributed by atoms with van der Waals surface area (Å²) in [4.78, 5) is 1.61. The monoisotopic (exact) mass is 507 g/mol. The molecule has 0 fully saturated rings. The summed E-state index contributed by atoms with van der Waals surface area (Å²) in [5.41, 5.74) is 8.17. The summed E-state index contributed by atoms with van der Waals surface area (Å²) >= 11 is 1.54. The standard InChI is InChI=1S/C24H31Si.2ClH.Zr/c1-23(2,3)18-13-12-16(14-18)19-15-17-10-9-11-20(25(7)8)21(17)22(19)24(4,5)6;;;/h9-13H,14H2,1-8H3;2*1H;/q;;;+2/p-2. The van der Waals surface area contributed by atoms with Gasteiger partial charge in [-0.15, -0.1) is 0 Å². The number of hydrogen-bond acceptors (Lipinski definition) is 0. The smallest absolute Gasteiger partial charge is 1.00 e. The Morgan fingerprint density at radius 1 is 0.893 bits per heavy atom. The van der Waals surface area contributed by atoms with Crippen molar-refractivity contribution in [2.24, 2.45) is 10.8 Å². The number of fused-ring (bicyclic) bond motifs is 1. The third-order valence-electron chi connectivity index (χ3n) is 5.52. The van der Waals surface area contributed by atoms with Crippen molar-refractivity contribution in [3.63, 3.8) is 0 Å². The van der Waals surface area contributed by atoms with E-state index in [1.807, 2.05) is 0 Å². The van der Waals surface area contributed by atoms with Gasteiger partial charge in [0.1, 0.15) is 0 Å². The van der Waals surface area contributed by atoms with Gasteiger partial charge in [-0.3, -0.25) is 0 Å². The van der Waals surface area contributed by atoms with Gasteiger partial charge in [-0.25, -0.2) is 0 Å². The molecule has 149 valence electrons. The zero-order valence-corrected chi connectivity index (χ0v) is 23.3. The molecule has 0 N–H and O–H groups in total. The molecule has 2 aliphatic carbocycles. The van der Waals surface area contributed by atoms with Gasteiger partial charge in [0.25, 0.3) is 0 Å². The van der Waals surface area contributed by atoms with Crippen molar-refractivity contribution in [2.45, 2.75) is 61.1 Å². The van der Waals surface area contributed by atoms with E-state index in [0.29, 0.717) is 0 Å². The zero-order chi connectivity index (χ0) is 19.4. The second-order valence-corrected chi connectivity index (χ2v) is 13.7. The van der Waals surface area contributed by atoms with Crippen LogP contribution in [0.1, 0.15) is 53.5 Å². The molecule has 0 aromatic heterocycles. The normalized spacial score (nSPS) is 16.3. The number of hydrogen-bond donors (Lipinski definition) is 0. The minimum absolute atomic E-state index is 0. The summed E-state index contributed by atoms with van der Waals surface area (Å²) < 4.78 is 1.57. The summed E-state index contributed by atoms with van der Waals surface area (Å²) in [6.07, 6.45) is 5.89. The van der Waals surface area contributed by atoms with Crippen molar-refractivity contribution in [1.29, 1.82) is 0 Å². The molecule has 0 bridgehead atoms. The molecule has 1 aromatic carbocycles. The molecule has 0 amide bonds. The molecular formula is C24H31Cl2SiZr. The van der Waals surface area contributed by atoms with E-state index in [9.17, 15) is 0 Å². The first-order valence-electron chi connectivity index (χ1n) is 9.61. The molecule has 0 saturated heterocycles. The van der Waals surface area contributed by atoms with Crippen LogP contribution >= 0.6 is 0 Å². The van der Waals surface area contributed by atoms with E-state index in [0.717, 1.165) is 6.42 Å². The first-order valence-corrected chi connectivity index (χ1v) is 13.3. The van der Waals surface area contributed by atoms with Gasteiger partial charge in [0, 0.05) is 0 Å². The SMILES string of the molecule is C[Si](C)=c1cccc2c1=C(C(C)(C)C)C(C1=CC=C(C(C)(C)C)C1)=[C]2[Zr+2].[Cl-].[Cl-]. The maximum atomic E-state index is 2.43. The van der Waals surface area contributed by atoms with E-state index in [4.69, 9.17) is 0 Å². The molecule has 0 heterocycles. The Morgan fingerprint density at radius 3 is 1.96 bits per heavy atom. The Bertz CT molecular complexity index is 993. The molecule has 0 spiro atoms. The van der Waals surface area contributed by atoms with Gasteiger partial charge in [-0.05, 0) is 0 Å². The Kier molecular flexibility index (Phi) is 8.37. The number of allylic oxidation sites excluding steroid dienone is 5. The fourth-order valence-electron chi connectivity index (χ4n) is 4.11. The number of benzene rings is 1. The van der Waals surface area contributed by atoms with Gasteiger partial charge < -0.3 is 24.8 Å². The average molecular weight is 510 g/mol. The van der Waals surface area contributed by atoms with Gasteiger partial charge in [0.2, 0.25) is 0 Å². The van der Waals surface area contributed by atoms with Crippen molar-refractivity contribution in [2.75, 3.05) is 0 Å². The summed E-state index contributed by atoms with van der Waals surface area (Å²) in [6.45, 7) is 19.0. The second kappa shape index (κ2) is 9.01. The maximum Gasteiger partial charge on any atom is -1.00 e. The van der Waals surface area contributed by atoms with Gasteiger partial charge in [-0.1, -0.05) is 0 Å². The molecule has 0 radical (unpaired) electrons. The van der Waals surface area contributed by atoms with E-state index in [-0.39, 0.29) is 35.6 Å². The van der Waals surface area contributed by atoms with Crippen LogP contribution in [0.15, 0.2) is 47.1 Å². The van der Waals surface area contributed by atoms with E-state index in [1.54, 1.807) is 30.0 Å². The maximum absolute atomic E-state index is 2.43. The van der Waals surface area contributed by atoms with E-state index in [2.05, 4.69) is 85.0 Å². The summed E-state index contributed by atoms with van der Waals surface area (Å²) in [5.74, 6) is 0. The summed E-state index contributed by atoms with van der Waals surface area (Å²) in [7, 11) is -0.501.